The molecular weight excluding hydrogens is 1560 g/mol. The number of hydrogen-bond donors (Lipinski definition) is 0. The van der Waals surface area contributed by atoms with Gasteiger partial charge in [0, 0.05) is 10.5 Å². The normalized spacial score (nSPS) is 14.5. The summed E-state index contributed by atoms with van der Waals surface area (Å²) in [6.07, 6.45) is 5.02. The number of thioether (sulfide) groups is 3. The second kappa shape index (κ2) is 43.4. The number of esters is 6. The summed E-state index contributed by atoms with van der Waals surface area (Å²) in [5.41, 5.74) is 1.42. The Labute approximate surface area is 692 Å². The molecule has 110 heavy (non-hydrogen) atoms. The molecule has 0 aromatic heterocycles. The fourth-order valence-corrected chi connectivity index (χ4v) is 19.0. The van der Waals surface area contributed by atoms with Gasteiger partial charge < -0.3 is 28.4 Å². The Hall–Kier alpha value is -6.84. The van der Waals surface area contributed by atoms with Crippen molar-refractivity contribution < 1.29 is 57.2 Å². The number of rotatable bonds is 40. The summed E-state index contributed by atoms with van der Waals surface area (Å²) in [4.78, 5) is 83.5. The molecule has 0 heterocycles. The highest BCUT2D eigenvalue weighted by Gasteiger charge is 2.52. The molecular formula is C91H111BrO12S6. The van der Waals surface area contributed by atoms with Crippen LogP contribution in [0.5, 0.6) is 0 Å². The van der Waals surface area contributed by atoms with Gasteiger partial charge in [0.1, 0.15) is 35.5 Å². The first-order chi connectivity index (χ1) is 52.0. The molecule has 0 saturated heterocycles. The largest absolute Gasteiger partial charge is 0.465 e. The molecule has 7 aromatic carbocycles. The molecule has 0 bridgehead atoms. The highest BCUT2D eigenvalue weighted by molar-refractivity contribution is 9.10. The molecule has 0 aliphatic carbocycles. The van der Waals surface area contributed by atoms with E-state index in [2.05, 4.69) is 81.7 Å². The molecule has 0 spiro atoms. The predicted octanol–water partition coefficient (Wildman–Crippen LogP) is 22.9. The SMILES string of the molecule is CCCCOC(=O)C(C)(CC(C)(CC(SC(=S)c1ccccc1)c1ccccc1)C(=O)OCCOC(=O)C(C)(C)Br)CC(C)(C)c1ccccc1.CCCCOC(=O)C(C)(CC(C)(CC(SC(=S)c1ccccc1)c1ccccc1)C(=O)OCCOC(=O)C(C)(C)SC(=S)c1ccccc1)CC(C)(C)c1ccccc1. The van der Waals surface area contributed by atoms with Crippen LogP contribution in [0.25, 0.3) is 0 Å². The number of carbonyl (C=O) groups excluding carboxylic acids is 6. The van der Waals surface area contributed by atoms with Crippen molar-refractivity contribution in [2.45, 2.75) is 192 Å². The second-order valence-electron chi connectivity index (χ2n) is 31.5. The number of alkyl halides is 1. The van der Waals surface area contributed by atoms with Gasteiger partial charge in [-0.05, 0) is 157 Å². The van der Waals surface area contributed by atoms with Crippen LogP contribution in [-0.4, -0.2) is 97.1 Å². The molecule has 6 atom stereocenters. The van der Waals surface area contributed by atoms with E-state index in [1.54, 1.807) is 27.7 Å². The molecule has 19 heteroatoms. The predicted molar refractivity (Wildman–Crippen MR) is 467 cm³/mol. The first kappa shape index (κ1) is 92.0. The van der Waals surface area contributed by atoms with Gasteiger partial charge in [-0.1, -0.05) is 331 Å². The number of halogens is 1. The van der Waals surface area contributed by atoms with Gasteiger partial charge in [0.2, 0.25) is 0 Å². The van der Waals surface area contributed by atoms with Gasteiger partial charge in [0.25, 0.3) is 0 Å². The van der Waals surface area contributed by atoms with Crippen molar-refractivity contribution in [2.75, 3.05) is 39.6 Å². The highest BCUT2D eigenvalue weighted by atomic mass is 79.9. The lowest BCUT2D eigenvalue weighted by molar-refractivity contribution is -0.168. The molecule has 0 aliphatic rings. The zero-order valence-electron chi connectivity index (χ0n) is 66.4. The molecule has 0 saturated carbocycles. The number of ether oxygens (including phenoxy) is 6. The van der Waals surface area contributed by atoms with Crippen molar-refractivity contribution >= 4 is 136 Å². The van der Waals surface area contributed by atoms with E-state index in [9.17, 15) is 28.8 Å². The summed E-state index contributed by atoms with van der Waals surface area (Å²) in [6, 6.07) is 69.3. The molecule has 7 rings (SSSR count). The van der Waals surface area contributed by atoms with Crippen LogP contribution in [0.4, 0.5) is 0 Å². The minimum atomic E-state index is -1.22. The Bertz CT molecular complexity index is 4090. The van der Waals surface area contributed by atoms with Crippen molar-refractivity contribution in [3.05, 3.63) is 251 Å². The van der Waals surface area contributed by atoms with Crippen molar-refractivity contribution in [3.63, 3.8) is 0 Å². The van der Waals surface area contributed by atoms with Crippen molar-refractivity contribution in [1.29, 1.82) is 0 Å². The molecule has 12 nitrogen and oxygen atoms in total. The van der Waals surface area contributed by atoms with Crippen LogP contribution in [0.2, 0.25) is 0 Å². The van der Waals surface area contributed by atoms with Gasteiger partial charge in [-0.3, -0.25) is 28.8 Å². The van der Waals surface area contributed by atoms with Gasteiger partial charge in [-0.25, -0.2) is 0 Å². The van der Waals surface area contributed by atoms with E-state index < -0.39 is 65.4 Å². The third-order valence-electron chi connectivity index (χ3n) is 19.3. The first-order valence-corrected chi connectivity index (χ1v) is 42.3. The van der Waals surface area contributed by atoms with Gasteiger partial charge in [0.15, 0.2) is 0 Å². The summed E-state index contributed by atoms with van der Waals surface area (Å²) in [6.45, 7) is 27.1. The van der Waals surface area contributed by atoms with E-state index in [1.165, 1.54) is 35.3 Å². The fourth-order valence-electron chi connectivity index (χ4n) is 13.8. The Morgan fingerprint density at radius 1 is 0.336 bits per heavy atom. The first-order valence-electron chi connectivity index (χ1n) is 37.7. The molecule has 0 fully saturated rings. The van der Waals surface area contributed by atoms with Crippen LogP contribution in [0.15, 0.2) is 212 Å². The summed E-state index contributed by atoms with van der Waals surface area (Å²) in [5.74, 6) is -2.59. The zero-order chi connectivity index (χ0) is 80.8. The number of benzene rings is 7. The lowest BCUT2D eigenvalue weighted by Crippen LogP contribution is -2.44. The zero-order valence-corrected chi connectivity index (χ0v) is 72.9. The molecule has 0 aliphatic heterocycles. The molecule has 590 valence electrons. The summed E-state index contributed by atoms with van der Waals surface area (Å²) in [5, 5.41) is -0.515. The average Bonchev–Trinajstić information content (AvgIpc) is 0.777. The van der Waals surface area contributed by atoms with Crippen molar-refractivity contribution in [2.24, 2.45) is 21.7 Å². The van der Waals surface area contributed by atoms with E-state index in [-0.39, 0.29) is 61.7 Å². The third-order valence-corrected chi connectivity index (χ3v) is 24.6. The van der Waals surface area contributed by atoms with E-state index >= 15 is 0 Å². The maximum absolute atomic E-state index is 14.7. The van der Waals surface area contributed by atoms with E-state index in [4.69, 9.17) is 65.1 Å². The minimum absolute atomic E-state index is 0.0952. The van der Waals surface area contributed by atoms with Crippen LogP contribution < -0.4 is 0 Å². The summed E-state index contributed by atoms with van der Waals surface area (Å²) >= 11 is 25.2. The highest BCUT2D eigenvalue weighted by Crippen LogP contribution is 2.53. The number of unbranched alkanes of at least 4 members (excludes halogenated alkanes) is 2. The number of carbonyl (C=O) groups is 6. The van der Waals surface area contributed by atoms with Crippen molar-refractivity contribution in [1.82, 2.24) is 0 Å². The van der Waals surface area contributed by atoms with Crippen LogP contribution in [-0.2, 0) is 68.0 Å². The standard InChI is InChI=1S/C49H58O6S4.C42H53BrO6S2/c1-8-9-30-53-45(52)49(7,34-46(2,3)39-28-20-13-21-29-39)35-48(6,33-40(36-22-14-10-15-23-36)58-41(56)37-24-16-11-17-25-37)44(51)55-32-31-54-43(50)47(4,5)59-42(57)38-26-18-12-19-27-38;1-8-9-25-47-38(46)42(7,29-39(2,3)33-23-17-12-18-24-33)30-41(6,37(45)49-27-26-48-36(44)40(4,5)43)28-34(31-19-13-10-14-20-31)51-35(50)32-21-15-11-16-22-32/h10-29,40H,8-9,30-35H2,1-7H3;10-24,34H,8-9,25-30H2,1-7H3. The van der Waals surface area contributed by atoms with Gasteiger partial charge in [0.05, 0.1) is 47.5 Å². The van der Waals surface area contributed by atoms with E-state index in [0.717, 1.165) is 64.6 Å². The lowest BCUT2D eigenvalue weighted by Gasteiger charge is -2.42. The molecule has 7 aromatic rings. The molecule has 0 radical (unpaired) electrons. The maximum atomic E-state index is 14.7. The summed E-state index contributed by atoms with van der Waals surface area (Å²) < 4.78 is 35.1. The average molecular weight is 1670 g/mol. The Balaban J connectivity index is 0.000000347. The second-order valence-corrected chi connectivity index (χ2v) is 39.5. The van der Waals surface area contributed by atoms with Crippen LogP contribution in [0, 0.1) is 21.7 Å². The van der Waals surface area contributed by atoms with E-state index in [1.807, 2.05) is 216 Å². The fraction of sp³-hybridized carbons (Fsp3) is 0.440. The monoisotopic (exact) mass is 1670 g/mol. The van der Waals surface area contributed by atoms with Crippen LogP contribution in [0.3, 0.4) is 0 Å². The van der Waals surface area contributed by atoms with Gasteiger partial charge in [-0.2, -0.15) is 0 Å². The summed E-state index contributed by atoms with van der Waals surface area (Å²) in [7, 11) is 0. The van der Waals surface area contributed by atoms with Crippen LogP contribution in [0.1, 0.15) is 211 Å². The Morgan fingerprint density at radius 3 is 0.909 bits per heavy atom. The minimum Gasteiger partial charge on any atom is -0.465 e. The topological polar surface area (TPSA) is 158 Å². The van der Waals surface area contributed by atoms with Gasteiger partial charge in [-0.15, -0.1) is 23.5 Å². The quantitative estimate of drug-likeness (QED) is 0.0117. The smallest absolute Gasteiger partial charge is 0.322 e. The number of hydrogen-bond acceptors (Lipinski definition) is 18. The molecule has 6 unspecified atom stereocenters. The maximum Gasteiger partial charge on any atom is 0.322 e. The lowest BCUT2D eigenvalue weighted by atomic mass is 9.63. The third kappa shape index (κ3) is 28.7. The van der Waals surface area contributed by atoms with Crippen molar-refractivity contribution in [3.8, 4) is 0 Å². The van der Waals surface area contributed by atoms with Crippen LogP contribution >= 0.6 is 87.9 Å². The number of thiocarbonyl (C=S) groups is 3. The van der Waals surface area contributed by atoms with Gasteiger partial charge >= 0.3 is 35.8 Å². The Kier molecular flexibility index (Phi) is 36.3. The van der Waals surface area contributed by atoms with E-state index in [0.29, 0.717) is 51.5 Å². The Morgan fingerprint density at radius 2 is 0.600 bits per heavy atom. The molecule has 0 amide bonds. The molecule has 0 N–H and O–H groups in total.